The van der Waals surface area contributed by atoms with E-state index in [1.54, 1.807) is 4.90 Å². The zero-order valence-corrected chi connectivity index (χ0v) is 11.0. The molecule has 1 aliphatic rings. The van der Waals surface area contributed by atoms with Crippen molar-refractivity contribution in [1.29, 1.82) is 0 Å². The maximum Gasteiger partial charge on any atom is 0.433 e. The Kier molecular flexibility index (Phi) is 4.15. The van der Waals surface area contributed by atoms with Crippen LogP contribution in [0.3, 0.4) is 0 Å². The number of aromatic nitrogens is 2. The molecule has 1 aromatic heterocycles. The van der Waals surface area contributed by atoms with Crippen molar-refractivity contribution in [3.8, 4) is 0 Å². The first-order chi connectivity index (χ1) is 8.86. The second-order valence-corrected chi connectivity index (χ2v) is 4.70. The third-order valence-electron chi connectivity index (χ3n) is 2.75. The molecule has 1 unspecified atom stereocenters. The van der Waals surface area contributed by atoms with Crippen molar-refractivity contribution in [1.82, 2.24) is 9.97 Å². The maximum absolute atomic E-state index is 12.7. The van der Waals surface area contributed by atoms with Crippen LogP contribution in [0, 0.1) is 0 Å². The van der Waals surface area contributed by atoms with Gasteiger partial charge in [-0.25, -0.2) is 9.97 Å². The average molecular weight is 296 g/mol. The Labute approximate surface area is 113 Å². The van der Waals surface area contributed by atoms with Crippen LogP contribution in [0.25, 0.3) is 0 Å². The van der Waals surface area contributed by atoms with Crippen LogP contribution in [0.15, 0.2) is 6.07 Å². The highest BCUT2D eigenvalue weighted by atomic mass is 35.5. The molecule has 0 aliphatic carbocycles. The number of nitrogens with zero attached hydrogens (tertiary/aromatic N) is 3. The van der Waals surface area contributed by atoms with Crippen molar-refractivity contribution in [2.24, 2.45) is 0 Å². The van der Waals surface area contributed by atoms with Crippen molar-refractivity contribution in [2.45, 2.75) is 25.6 Å². The first kappa shape index (κ1) is 14.3. The van der Waals surface area contributed by atoms with E-state index in [2.05, 4.69) is 9.97 Å². The summed E-state index contributed by atoms with van der Waals surface area (Å²) in [6, 6.07) is 0.921. The van der Waals surface area contributed by atoms with Crippen LogP contribution in [0.5, 0.6) is 0 Å². The summed E-state index contributed by atoms with van der Waals surface area (Å²) in [5.41, 5.74) is -1.03. The lowest BCUT2D eigenvalue weighted by atomic mass is 10.3. The van der Waals surface area contributed by atoms with Gasteiger partial charge in [0.2, 0.25) is 5.28 Å². The second kappa shape index (κ2) is 5.50. The summed E-state index contributed by atoms with van der Waals surface area (Å²) < 4.78 is 43.5. The normalized spacial score (nSPS) is 21.3. The van der Waals surface area contributed by atoms with Crippen molar-refractivity contribution in [3.05, 3.63) is 17.0 Å². The van der Waals surface area contributed by atoms with Gasteiger partial charge in [0.25, 0.3) is 0 Å². The molecule has 0 amide bonds. The van der Waals surface area contributed by atoms with Gasteiger partial charge in [-0.3, -0.25) is 0 Å². The van der Waals surface area contributed by atoms with Crippen molar-refractivity contribution in [2.75, 3.05) is 24.6 Å². The lowest BCUT2D eigenvalue weighted by Crippen LogP contribution is -2.31. The minimum Gasteiger partial charge on any atom is -0.377 e. The summed E-state index contributed by atoms with van der Waals surface area (Å²) in [6.45, 7) is 3.51. The fourth-order valence-electron chi connectivity index (χ4n) is 1.92. The maximum atomic E-state index is 12.7. The van der Waals surface area contributed by atoms with E-state index in [0.29, 0.717) is 19.7 Å². The molecule has 106 valence electrons. The average Bonchev–Trinajstić information content (AvgIpc) is 2.52. The van der Waals surface area contributed by atoms with Gasteiger partial charge in [0.1, 0.15) is 5.82 Å². The van der Waals surface area contributed by atoms with Gasteiger partial charge in [-0.05, 0) is 24.9 Å². The Bertz CT molecular complexity index is 455. The van der Waals surface area contributed by atoms with E-state index in [-0.39, 0.29) is 11.9 Å². The molecule has 2 heterocycles. The van der Waals surface area contributed by atoms with Crippen molar-refractivity contribution < 1.29 is 17.9 Å². The van der Waals surface area contributed by atoms with Crippen LogP contribution >= 0.6 is 11.6 Å². The SMILES string of the molecule is CC1CN(c2cc(C(F)(F)F)nc(Cl)n2)CCCO1. The van der Waals surface area contributed by atoms with E-state index >= 15 is 0 Å². The van der Waals surface area contributed by atoms with Crippen LogP contribution < -0.4 is 4.90 Å². The molecule has 1 atom stereocenters. The molecule has 19 heavy (non-hydrogen) atoms. The quantitative estimate of drug-likeness (QED) is 0.747. The highest BCUT2D eigenvalue weighted by Gasteiger charge is 2.34. The molecule has 0 spiro atoms. The summed E-state index contributed by atoms with van der Waals surface area (Å²) in [7, 11) is 0. The zero-order chi connectivity index (χ0) is 14.0. The largest absolute Gasteiger partial charge is 0.433 e. The van der Waals surface area contributed by atoms with Gasteiger partial charge >= 0.3 is 6.18 Å². The third-order valence-corrected chi connectivity index (χ3v) is 2.92. The number of rotatable bonds is 1. The van der Waals surface area contributed by atoms with Crippen molar-refractivity contribution in [3.63, 3.8) is 0 Å². The van der Waals surface area contributed by atoms with Gasteiger partial charge in [0.05, 0.1) is 6.10 Å². The van der Waals surface area contributed by atoms with Crippen molar-refractivity contribution >= 4 is 17.4 Å². The zero-order valence-electron chi connectivity index (χ0n) is 10.2. The Balaban J connectivity index is 2.30. The van der Waals surface area contributed by atoms with E-state index in [0.717, 1.165) is 12.5 Å². The van der Waals surface area contributed by atoms with Gasteiger partial charge in [0.15, 0.2) is 5.69 Å². The molecule has 8 heteroatoms. The molecule has 0 saturated carbocycles. The first-order valence-electron chi connectivity index (χ1n) is 5.84. The predicted octanol–water partition coefficient (Wildman–Crippen LogP) is 2.76. The summed E-state index contributed by atoms with van der Waals surface area (Å²) in [6.07, 6.45) is -3.87. The summed E-state index contributed by atoms with van der Waals surface area (Å²) >= 11 is 5.57. The molecule has 0 aromatic carbocycles. The molecule has 1 fully saturated rings. The van der Waals surface area contributed by atoms with Gasteiger partial charge in [-0.2, -0.15) is 13.2 Å². The van der Waals surface area contributed by atoms with Gasteiger partial charge < -0.3 is 9.64 Å². The predicted molar refractivity (Wildman–Crippen MR) is 64.3 cm³/mol. The standard InChI is InChI=1S/C11H13ClF3N3O/c1-7-6-18(3-2-4-19-7)9-5-8(11(13,14)15)16-10(12)17-9/h5,7H,2-4,6H2,1H3. The molecular weight excluding hydrogens is 283 g/mol. The summed E-state index contributed by atoms with van der Waals surface area (Å²) in [5.74, 6) is 0.185. The molecule has 1 aliphatic heterocycles. The minimum absolute atomic E-state index is 0.0643. The number of hydrogen-bond donors (Lipinski definition) is 0. The van der Waals surface area contributed by atoms with Crippen LogP contribution in [0.1, 0.15) is 19.0 Å². The van der Waals surface area contributed by atoms with E-state index in [9.17, 15) is 13.2 Å². The fraction of sp³-hybridized carbons (Fsp3) is 0.636. The number of alkyl halides is 3. The lowest BCUT2D eigenvalue weighted by molar-refractivity contribution is -0.141. The fourth-order valence-corrected chi connectivity index (χ4v) is 2.09. The number of hydrogen-bond acceptors (Lipinski definition) is 4. The molecule has 0 radical (unpaired) electrons. The van der Waals surface area contributed by atoms with Crippen LogP contribution in [-0.2, 0) is 10.9 Å². The Morgan fingerprint density at radius 3 is 2.84 bits per heavy atom. The molecule has 1 aromatic rings. The van der Waals surface area contributed by atoms with Crippen LogP contribution in [-0.4, -0.2) is 35.8 Å². The highest BCUT2D eigenvalue weighted by molar-refractivity contribution is 6.28. The summed E-state index contributed by atoms with van der Waals surface area (Å²) in [4.78, 5) is 8.82. The summed E-state index contributed by atoms with van der Waals surface area (Å²) in [5, 5.41) is -0.400. The topological polar surface area (TPSA) is 38.2 Å². The number of anilines is 1. The first-order valence-corrected chi connectivity index (χ1v) is 6.22. The number of halogens is 4. The Hall–Kier alpha value is -1.08. The second-order valence-electron chi connectivity index (χ2n) is 4.36. The van der Waals surface area contributed by atoms with Gasteiger partial charge in [0, 0.05) is 25.8 Å². The smallest absolute Gasteiger partial charge is 0.377 e. The lowest BCUT2D eigenvalue weighted by Gasteiger charge is -2.23. The highest BCUT2D eigenvalue weighted by Crippen LogP contribution is 2.30. The van der Waals surface area contributed by atoms with E-state index < -0.39 is 17.2 Å². The van der Waals surface area contributed by atoms with E-state index in [4.69, 9.17) is 16.3 Å². The molecule has 0 bridgehead atoms. The Morgan fingerprint density at radius 2 is 2.16 bits per heavy atom. The number of ether oxygens (including phenoxy) is 1. The van der Waals surface area contributed by atoms with Gasteiger partial charge in [-0.15, -0.1) is 0 Å². The minimum atomic E-state index is -4.53. The van der Waals surface area contributed by atoms with Gasteiger partial charge in [-0.1, -0.05) is 0 Å². The monoisotopic (exact) mass is 295 g/mol. The molecule has 0 N–H and O–H groups in total. The molecule has 2 rings (SSSR count). The third kappa shape index (κ3) is 3.70. The Morgan fingerprint density at radius 1 is 1.42 bits per heavy atom. The molecular formula is C11H13ClF3N3O. The molecule has 1 saturated heterocycles. The van der Waals surface area contributed by atoms with E-state index in [1.807, 2.05) is 6.92 Å². The molecule has 4 nitrogen and oxygen atoms in total. The van der Waals surface area contributed by atoms with E-state index in [1.165, 1.54) is 0 Å². The van der Waals surface area contributed by atoms with Crippen LogP contribution in [0.2, 0.25) is 5.28 Å². The van der Waals surface area contributed by atoms with Crippen LogP contribution in [0.4, 0.5) is 19.0 Å².